The van der Waals surface area contributed by atoms with Gasteiger partial charge in [0, 0.05) is 13.1 Å². The third kappa shape index (κ3) is 1.70. The van der Waals surface area contributed by atoms with Crippen LogP contribution in [-0.4, -0.2) is 42.1 Å². The number of hydrogen-bond acceptors (Lipinski definition) is 4. The van der Waals surface area contributed by atoms with Gasteiger partial charge in [-0.05, 0) is 0 Å². The average molecular weight is 182 g/mol. The molecular formula is C8H10N2O3. The lowest BCUT2D eigenvalue weighted by atomic mass is 10.3. The first kappa shape index (κ1) is 8.25. The van der Waals surface area contributed by atoms with Gasteiger partial charge in [-0.15, -0.1) is 0 Å². The van der Waals surface area contributed by atoms with Crippen molar-refractivity contribution in [2.45, 2.75) is 0 Å². The standard InChI is InChI=1S/C8H10N2O3/c11-8(7-5-13-6-9-7)10-1-3-12-4-2-10/h5-6H,1-4H2. The minimum Gasteiger partial charge on any atom is -0.451 e. The van der Waals surface area contributed by atoms with E-state index in [1.54, 1.807) is 4.90 Å². The first-order valence-electron chi connectivity index (χ1n) is 4.13. The van der Waals surface area contributed by atoms with E-state index in [0.29, 0.717) is 32.0 Å². The second-order valence-electron chi connectivity index (χ2n) is 2.78. The first-order chi connectivity index (χ1) is 6.38. The molecule has 2 heterocycles. The monoisotopic (exact) mass is 182 g/mol. The fraction of sp³-hybridized carbons (Fsp3) is 0.500. The maximum Gasteiger partial charge on any atom is 0.275 e. The summed E-state index contributed by atoms with van der Waals surface area (Å²) in [6.07, 6.45) is 2.62. The van der Waals surface area contributed by atoms with Gasteiger partial charge in [0.1, 0.15) is 6.26 Å². The molecule has 1 fully saturated rings. The van der Waals surface area contributed by atoms with Gasteiger partial charge in [0.2, 0.25) is 0 Å². The van der Waals surface area contributed by atoms with Crippen LogP contribution in [0.25, 0.3) is 0 Å². The molecule has 0 N–H and O–H groups in total. The van der Waals surface area contributed by atoms with Crippen molar-refractivity contribution in [2.75, 3.05) is 26.3 Å². The van der Waals surface area contributed by atoms with Crippen molar-refractivity contribution in [2.24, 2.45) is 0 Å². The summed E-state index contributed by atoms with van der Waals surface area (Å²) < 4.78 is 9.87. The highest BCUT2D eigenvalue weighted by atomic mass is 16.5. The van der Waals surface area contributed by atoms with Gasteiger partial charge in [-0.25, -0.2) is 4.98 Å². The lowest BCUT2D eigenvalue weighted by Crippen LogP contribution is -2.40. The highest BCUT2D eigenvalue weighted by molar-refractivity contribution is 5.91. The van der Waals surface area contributed by atoms with Crippen LogP contribution < -0.4 is 0 Å². The van der Waals surface area contributed by atoms with Crippen molar-refractivity contribution >= 4 is 5.91 Å². The van der Waals surface area contributed by atoms with Gasteiger partial charge in [0.05, 0.1) is 13.2 Å². The molecule has 1 aromatic rings. The molecule has 1 amide bonds. The van der Waals surface area contributed by atoms with Crippen molar-refractivity contribution < 1.29 is 13.9 Å². The Kier molecular flexibility index (Phi) is 2.27. The largest absolute Gasteiger partial charge is 0.451 e. The first-order valence-corrected chi connectivity index (χ1v) is 4.13. The molecule has 0 spiro atoms. The van der Waals surface area contributed by atoms with Crippen LogP contribution in [0.15, 0.2) is 17.1 Å². The molecule has 13 heavy (non-hydrogen) atoms. The maximum absolute atomic E-state index is 11.6. The fourth-order valence-electron chi connectivity index (χ4n) is 1.25. The zero-order valence-corrected chi connectivity index (χ0v) is 7.10. The molecule has 0 radical (unpaired) electrons. The molecule has 1 aliphatic rings. The van der Waals surface area contributed by atoms with Crippen LogP contribution in [-0.2, 0) is 4.74 Å². The van der Waals surface area contributed by atoms with Gasteiger partial charge < -0.3 is 14.1 Å². The molecule has 0 atom stereocenters. The smallest absolute Gasteiger partial charge is 0.275 e. The maximum atomic E-state index is 11.6. The summed E-state index contributed by atoms with van der Waals surface area (Å²) in [4.78, 5) is 17.1. The summed E-state index contributed by atoms with van der Waals surface area (Å²) >= 11 is 0. The predicted molar refractivity (Wildman–Crippen MR) is 43.2 cm³/mol. The minimum absolute atomic E-state index is 0.0861. The van der Waals surface area contributed by atoms with E-state index in [2.05, 4.69) is 4.98 Å². The zero-order valence-electron chi connectivity index (χ0n) is 7.10. The van der Waals surface area contributed by atoms with Crippen molar-refractivity contribution in [3.8, 4) is 0 Å². The molecule has 0 saturated carbocycles. The number of amides is 1. The van der Waals surface area contributed by atoms with Gasteiger partial charge in [0.25, 0.3) is 5.91 Å². The van der Waals surface area contributed by atoms with E-state index in [1.807, 2.05) is 0 Å². The van der Waals surface area contributed by atoms with Crippen LogP contribution in [0.4, 0.5) is 0 Å². The summed E-state index contributed by atoms with van der Waals surface area (Å²) in [5, 5.41) is 0. The summed E-state index contributed by atoms with van der Waals surface area (Å²) in [7, 11) is 0. The van der Waals surface area contributed by atoms with Crippen molar-refractivity contribution in [3.05, 3.63) is 18.4 Å². The summed E-state index contributed by atoms with van der Waals surface area (Å²) in [6.45, 7) is 2.46. The predicted octanol–water partition coefficient (Wildman–Crippen LogP) is 0.147. The van der Waals surface area contributed by atoms with E-state index < -0.39 is 0 Å². The highest BCUT2D eigenvalue weighted by Gasteiger charge is 2.19. The Bertz CT molecular complexity index is 278. The lowest BCUT2D eigenvalue weighted by Gasteiger charge is -2.25. The van der Waals surface area contributed by atoms with E-state index in [9.17, 15) is 4.79 Å². The summed E-state index contributed by atoms with van der Waals surface area (Å²) in [6, 6.07) is 0. The molecule has 0 aliphatic carbocycles. The molecule has 2 rings (SSSR count). The number of aromatic nitrogens is 1. The number of rotatable bonds is 1. The molecule has 0 unspecified atom stereocenters. The van der Waals surface area contributed by atoms with Crippen molar-refractivity contribution in [3.63, 3.8) is 0 Å². The van der Waals surface area contributed by atoms with Gasteiger partial charge in [-0.2, -0.15) is 0 Å². The van der Waals surface area contributed by atoms with Gasteiger partial charge >= 0.3 is 0 Å². The second kappa shape index (κ2) is 3.57. The number of ether oxygens (including phenoxy) is 1. The van der Waals surface area contributed by atoms with Crippen molar-refractivity contribution in [1.82, 2.24) is 9.88 Å². The second-order valence-corrected chi connectivity index (χ2v) is 2.78. The fourth-order valence-corrected chi connectivity index (χ4v) is 1.25. The lowest BCUT2D eigenvalue weighted by molar-refractivity contribution is 0.0299. The van der Waals surface area contributed by atoms with E-state index >= 15 is 0 Å². The van der Waals surface area contributed by atoms with Crippen LogP contribution in [0.1, 0.15) is 10.5 Å². The Labute approximate surface area is 75.3 Å². The third-order valence-corrected chi connectivity index (χ3v) is 1.95. The van der Waals surface area contributed by atoms with E-state index in [4.69, 9.17) is 9.15 Å². The Morgan fingerprint density at radius 1 is 1.46 bits per heavy atom. The number of carbonyl (C=O) groups excluding carboxylic acids is 1. The van der Waals surface area contributed by atoms with Crippen molar-refractivity contribution in [1.29, 1.82) is 0 Å². The normalized spacial score (nSPS) is 17.4. The average Bonchev–Trinajstić information content (AvgIpc) is 2.71. The van der Waals surface area contributed by atoms with Crippen LogP contribution >= 0.6 is 0 Å². The Hall–Kier alpha value is -1.36. The molecule has 1 saturated heterocycles. The number of hydrogen-bond donors (Lipinski definition) is 0. The number of oxazole rings is 1. The summed E-state index contributed by atoms with van der Waals surface area (Å²) in [5.74, 6) is -0.0861. The Morgan fingerprint density at radius 2 is 2.23 bits per heavy atom. The van der Waals surface area contributed by atoms with Crippen LogP contribution in [0.5, 0.6) is 0 Å². The van der Waals surface area contributed by atoms with E-state index in [-0.39, 0.29) is 5.91 Å². The minimum atomic E-state index is -0.0861. The number of carbonyl (C=O) groups is 1. The quantitative estimate of drug-likeness (QED) is 0.620. The van der Waals surface area contributed by atoms with Crippen LogP contribution in [0.2, 0.25) is 0 Å². The van der Waals surface area contributed by atoms with Gasteiger partial charge in [0.15, 0.2) is 12.1 Å². The number of nitrogens with zero attached hydrogens (tertiary/aromatic N) is 2. The zero-order chi connectivity index (χ0) is 9.10. The highest BCUT2D eigenvalue weighted by Crippen LogP contribution is 2.04. The molecule has 0 aromatic carbocycles. The molecule has 1 aromatic heterocycles. The summed E-state index contributed by atoms with van der Waals surface area (Å²) in [5.41, 5.74) is 0.363. The SMILES string of the molecule is O=C(c1cocn1)N1CCOCC1. The Morgan fingerprint density at radius 3 is 2.85 bits per heavy atom. The molecule has 1 aliphatic heterocycles. The Balaban J connectivity index is 2.04. The topological polar surface area (TPSA) is 55.6 Å². The molecule has 5 nitrogen and oxygen atoms in total. The molecular weight excluding hydrogens is 172 g/mol. The van der Waals surface area contributed by atoms with Gasteiger partial charge in [-0.3, -0.25) is 4.79 Å². The molecule has 0 bridgehead atoms. The van der Waals surface area contributed by atoms with Gasteiger partial charge in [-0.1, -0.05) is 0 Å². The van der Waals surface area contributed by atoms with E-state index in [0.717, 1.165) is 0 Å². The third-order valence-electron chi connectivity index (χ3n) is 1.95. The number of morpholine rings is 1. The van der Waals surface area contributed by atoms with Crippen LogP contribution in [0, 0.1) is 0 Å². The molecule has 5 heteroatoms. The molecule has 70 valence electrons. The van der Waals surface area contributed by atoms with E-state index in [1.165, 1.54) is 12.7 Å². The van der Waals surface area contributed by atoms with Crippen LogP contribution in [0.3, 0.4) is 0 Å².